The number of nitrogens with one attached hydrogen (secondary N) is 1. The van der Waals surface area contributed by atoms with Gasteiger partial charge in [0, 0.05) is 25.0 Å². The summed E-state index contributed by atoms with van der Waals surface area (Å²) in [6.45, 7) is 15.1. The van der Waals surface area contributed by atoms with Crippen molar-refractivity contribution in [3.63, 3.8) is 0 Å². The standard InChI is InChI=1S/C33H57N3/c1-24(2)8-6-9-25(3)29-12-13-30-28-11-10-26-22-27(35-18-7-20-36-21-19-34-23-36)14-16-32(26,4)31(28)15-17-33(29,30)5/h19,21,23-31,35H,6-18,20,22H2,1-5H3/t25?,26?,27-,28?,29+,30?,31?,32-,33+/m0/s1. The Balaban J connectivity index is 1.15. The van der Waals surface area contributed by atoms with Gasteiger partial charge in [-0.2, -0.15) is 0 Å². The quantitative estimate of drug-likeness (QED) is 0.330. The zero-order valence-corrected chi connectivity index (χ0v) is 24.4. The molecule has 5 rings (SSSR count). The summed E-state index contributed by atoms with van der Waals surface area (Å²) in [5.74, 6) is 6.79. The van der Waals surface area contributed by atoms with Crippen LogP contribution >= 0.6 is 0 Å². The van der Waals surface area contributed by atoms with Gasteiger partial charge in [0.15, 0.2) is 0 Å². The normalized spacial score (nSPS) is 41.1. The zero-order chi connectivity index (χ0) is 25.3. The molecule has 0 aromatic carbocycles. The van der Waals surface area contributed by atoms with Crippen LogP contribution in [-0.2, 0) is 6.54 Å². The molecule has 0 saturated heterocycles. The van der Waals surface area contributed by atoms with Gasteiger partial charge in [0.25, 0.3) is 0 Å². The molecule has 3 heteroatoms. The van der Waals surface area contributed by atoms with E-state index in [1.54, 1.807) is 6.42 Å². The molecule has 1 aromatic heterocycles. The molecule has 0 amide bonds. The Hall–Kier alpha value is -0.830. The Kier molecular flexibility index (Phi) is 8.26. The average Bonchev–Trinajstić information content (AvgIpc) is 3.49. The lowest BCUT2D eigenvalue weighted by atomic mass is 9.44. The molecule has 36 heavy (non-hydrogen) atoms. The van der Waals surface area contributed by atoms with Gasteiger partial charge in [0.05, 0.1) is 6.33 Å². The number of fused-ring (bicyclic) bond motifs is 5. The van der Waals surface area contributed by atoms with Crippen LogP contribution in [0.25, 0.3) is 0 Å². The van der Waals surface area contributed by atoms with Crippen molar-refractivity contribution >= 4 is 0 Å². The third kappa shape index (κ3) is 5.21. The molecule has 4 aliphatic carbocycles. The lowest BCUT2D eigenvalue weighted by Gasteiger charge is -2.61. The first kappa shape index (κ1) is 26.8. The first-order valence-electron chi connectivity index (χ1n) is 16.0. The highest BCUT2D eigenvalue weighted by Crippen LogP contribution is 2.68. The average molecular weight is 496 g/mol. The van der Waals surface area contributed by atoms with Crippen LogP contribution in [0.1, 0.15) is 118 Å². The van der Waals surface area contributed by atoms with E-state index >= 15 is 0 Å². The molecule has 1 N–H and O–H groups in total. The maximum Gasteiger partial charge on any atom is 0.0945 e. The number of rotatable bonds is 10. The van der Waals surface area contributed by atoms with E-state index in [1.807, 2.05) is 12.5 Å². The van der Waals surface area contributed by atoms with Gasteiger partial charge in [0.1, 0.15) is 0 Å². The van der Waals surface area contributed by atoms with Crippen molar-refractivity contribution < 1.29 is 0 Å². The number of aromatic nitrogens is 2. The molecule has 5 unspecified atom stereocenters. The van der Waals surface area contributed by atoms with Crippen molar-refractivity contribution in [1.29, 1.82) is 0 Å². The first-order valence-corrected chi connectivity index (χ1v) is 16.0. The lowest BCUT2D eigenvalue weighted by molar-refractivity contribution is -0.118. The monoisotopic (exact) mass is 495 g/mol. The van der Waals surface area contributed by atoms with Crippen LogP contribution in [0, 0.1) is 52.3 Å². The highest BCUT2D eigenvalue weighted by molar-refractivity contribution is 5.10. The second kappa shape index (κ2) is 11.1. The summed E-state index contributed by atoms with van der Waals surface area (Å²) in [5, 5.41) is 3.96. The molecule has 3 nitrogen and oxygen atoms in total. The van der Waals surface area contributed by atoms with Gasteiger partial charge in [-0.3, -0.25) is 0 Å². The highest BCUT2D eigenvalue weighted by atomic mass is 15.0. The fourth-order valence-electron chi connectivity index (χ4n) is 10.5. The third-order valence-corrected chi connectivity index (χ3v) is 12.5. The molecule has 1 heterocycles. The fourth-order valence-corrected chi connectivity index (χ4v) is 10.5. The van der Waals surface area contributed by atoms with Crippen LogP contribution < -0.4 is 5.32 Å². The molecule has 9 atom stereocenters. The fraction of sp³-hybridized carbons (Fsp3) is 0.909. The van der Waals surface area contributed by atoms with Crippen LogP contribution in [0.15, 0.2) is 18.7 Å². The molecule has 204 valence electrons. The van der Waals surface area contributed by atoms with Gasteiger partial charge in [-0.25, -0.2) is 4.98 Å². The van der Waals surface area contributed by atoms with E-state index in [0.717, 1.165) is 60.6 Å². The topological polar surface area (TPSA) is 29.9 Å². The molecule has 0 bridgehead atoms. The van der Waals surface area contributed by atoms with E-state index < -0.39 is 0 Å². The minimum absolute atomic E-state index is 0.611. The van der Waals surface area contributed by atoms with Crippen molar-refractivity contribution in [3.05, 3.63) is 18.7 Å². The van der Waals surface area contributed by atoms with Gasteiger partial charge in [0.2, 0.25) is 0 Å². The second-order valence-electron chi connectivity index (χ2n) is 14.8. The Morgan fingerprint density at radius 2 is 1.72 bits per heavy atom. The summed E-state index contributed by atoms with van der Waals surface area (Å²) in [6, 6.07) is 0.749. The van der Waals surface area contributed by atoms with Crippen molar-refractivity contribution in [2.45, 2.75) is 131 Å². The molecule has 0 aliphatic heterocycles. The number of nitrogens with zero attached hydrogens (tertiary/aromatic N) is 2. The van der Waals surface area contributed by atoms with Gasteiger partial charge in [-0.1, -0.05) is 53.9 Å². The van der Waals surface area contributed by atoms with Crippen molar-refractivity contribution in [1.82, 2.24) is 14.9 Å². The zero-order valence-electron chi connectivity index (χ0n) is 24.4. The number of hydrogen-bond acceptors (Lipinski definition) is 2. The van der Waals surface area contributed by atoms with Gasteiger partial charge in [-0.15, -0.1) is 0 Å². The Morgan fingerprint density at radius 1 is 0.917 bits per heavy atom. The van der Waals surface area contributed by atoms with E-state index in [1.165, 1.54) is 77.0 Å². The molecule has 1 aromatic rings. The SMILES string of the molecule is CC(C)CCCC(C)[C@H]1CCC2C3CCC4C[C@@H](NCCCn5ccnc5)CC[C@]4(C)C3CC[C@@]21C. The van der Waals surface area contributed by atoms with Crippen LogP contribution in [0.4, 0.5) is 0 Å². The van der Waals surface area contributed by atoms with Crippen molar-refractivity contribution in [3.8, 4) is 0 Å². The molecular formula is C33H57N3. The number of imidazole rings is 1. The summed E-state index contributed by atoms with van der Waals surface area (Å²) in [7, 11) is 0. The van der Waals surface area contributed by atoms with E-state index in [-0.39, 0.29) is 0 Å². The molecular weight excluding hydrogens is 438 g/mol. The van der Waals surface area contributed by atoms with Crippen LogP contribution in [-0.4, -0.2) is 22.1 Å². The number of hydrogen-bond donors (Lipinski definition) is 1. The number of aryl methyl sites for hydroxylation is 1. The van der Waals surface area contributed by atoms with Gasteiger partial charge < -0.3 is 9.88 Å². The highest BCUT2D eigenvalue weighted by Gasteiger charge is 2.60. The predicted molar refractivity (Wildman–Crippen MR) is 152 cm³/mol. The Labute approximate surface area is 223 Å². The first-order chi connectivity index (χ1) is 17.3. The maximum absolute atomic E-state index is 4.17. The van der Waals surface area contributed by atoms with E-state index in [2.05, 4.69) is 55.7 Å². The summed E-state index contributed by atoms with van der Waals surface area (Å²) in [6.07, 6.45) is 24.9. The smallest absolute Gasteiger partial charge is 0.0945 e. The van der Waals surface area contributed by atoms with Gasteiger partial charge in [-0.05, 0) is 123 Å². The van der Waals surface area contributed by atoms with Crippen LogP contribution in [0.2, 0.25) is 0 Å². The van der Waals surface area contributed by atoms with Crippen LogP contribution in [0.5, 0.6) is 0 Å². The van der Waals surface area contributed by atoms with Crippen LogP contribution in [0.3, 0.4) is 0 Å². The molecule has 4 saturated carbocycles. The molecule has 4 fully saturated rings. The Morgan fingerprint density at radius 3 is 2.50 bits per heavy atom. The van der Waals surface area contributed by atoms with Crippen molar-refractivity contribution in [2.75, 3.05) is 6.54 Å². The largest absolute Gasteiger partial charge is 0.337 e. The molecule has 0 radical (unpaired) electrons. The second-order valence-corrected chi connectivity index (χ2v) is 14.8. The summed E-state index contributed by atoms with van der Waals surface area (Å²) < 4.78 is 2.21. The Bertz CT molecular complexity index is 817. The lowest BCUT2D eigenvalue weighted by Crippen LogP contribution is -2.55. The van der Waals surface area contributed by atoms with E-state index in [9.17, 15) is 0 Å². The maximum atomic E-state index is 4.17. The summed E-state index contributed by atoms with van der Waals surface area (Å²) in [4.78, 5) is 4.17. The summed E-state index contributed by atoms with van der Waals surface area (Å²) in [5.41, 5.74) is 1.25. The van der Waals surface area contributed by atoms with E-state index in [4.69, 9.17) is 0 Å². The predicted octanol–water partition coefficient (Wildman–Crippen LogP) is 8.35. The molecule has 4 aliphatic rings. The third-order valence-electron chi connectivity index (χ3n) is 12.5. The molecule has 0 spiro atoms. The minimum atomic E-state index is 0.611. The van der Waals surface area contributed by atoms with Crippen molar-refractivity contribution in [2.24, 2.45) is 52.3 Å². The van der Waals surface area contributed by atoms with E-state index in [0.29, 0.717) is 10.8 Å². The van der Waals surface area contributed by atoms with Gasteiger partial charge >= 0.3 is 0 Å². The minimum Gasteiger partial charge on any atom is -0.337 e. The summed E-state index contributed by atoms with van der Waals surface area (Å²) >= 11 is 0.